The number of thiophene rings is 1. The number of nitrogens with zero attached hydrogens (tertiary/aromatic N) is 2. The summed E-state index contributed by atoms with van der Waals surface area (Å²) in [6.07, 6.45) is -0.582. The Balaban J connectivity index is 2.05. The number of aliphatic hydroxyl groups excluding tert-OH is 1. The molecule has 2 N–H and O–H groups in total. The fraction of sp³-hybridized carbons (Fsp3) is 0.143. The molecule has 0 radical (unpaired) electrons. The van der Waals surface area contributed by atoms with Crippen LogP contribution in [0.2, 0.25) is 0 Å². The van der Waals surface area contributed by atoms with Crippen LogP contribution in [0.3, 0.4) is 0 Å². The lowest BCUT2D eigenvalue weighted by Gasteiger charge is -2.11. The Labute approximate surface area is 115 Å². The van der Waals surface area contributed by atoms with Gasteiger partial charge < -0.3 is 10.4 Å². The molecular weight excluding hydrogens is 258 g/mol. The molecule has 1 aromatic heterocycles. The molecule has 0 saturated carbocycles. The molecule has 0 aliphatic carbocycles. The van der Waals surface area contributed by atoms with E-state index >= 15 is 0 Å². The fourth-order valence-corrected chi connectivity index (χ4v) is 2.35. The Morgan fingerprint density at radius 3 is 2.63 bits per heavy atom. The summed E-state index contributed by atoms with van der Waals surface area (Å²) in [6.45, 7) is 0.358. The second-order valence-electron chi connectivity index (χ2n) is 3.90. The molecule has 19 heavy (non-hydrogen) atoms. The number of aliphatic hydroxyl groups is 1. The van der Waals surface area contributed by atoms with Crippen LogP contribution in [-0.4, -0.2) is 11.7 Å². The number of nitrogens with one attached hydrogen (secondary N) is 1. The van der Waals surface area contributed by atoms with E-state index in [-0.39, 0.29) is 0 Å². The first kappa shape index (κ1) is 13.1. The van der Waals surface area contributed by atoms with Crippen LogP contribution in [0.5, 0.6) is 0 Å². The van der Waals surface area contributed by atoms with Crippen molar-refractivity contribution in [1.82, 2.24) is 0 Å². The quantitative estimate of drug-likeness (QED) is 0.894. The molecule has 2 aromatic rings. The topological polar surface area (TPSA) is 79.8 Å². The van der Waals surface area contributed by atoms with Crippen molar-refractivity contribution in [2.24, 2.45) is 0 Å². The highest BCUT2D eigenvalue weighted by atomic mass is 32.1. The maximum atomic E-state index is 9.93. The molecule has 0 bridgehead atoms. The van der Waals surface area contributed by atoms with Crippen LogP contribution >= 0.6 is 11.3 Å². The SMILES string of the molecule is N#Cc1ccc(NCC(O)c2cccs2)cc1C#N. The van der Waals surface area contributed by atoms with Gasteiger partial charge in [0.25, 0.3) is 0 Å². The zero-order valence-electron chi connectivity index (χ0n) is 10.00. The average molecular weight is 269 g/mol. The van der Waals surface area contributed by atoms with Gasteiger partial charge in [-0.1, -0.05) is 6.07 Å². The van der Waals surface area contributed by atoms with Crippen molar-refractivity contribution in [1.29, 1.82) is 10.5 Å². The Kier molecular flexibility index (Phi) is 4.15. The Bertz CT molecular complexity index is 638. The molecule has 0 aliphatic rings. The minimum atomic E-state index is -0.582. The summed E-state index contributed by atoms with van der Waals surface area (Å²) in [5, 5.41) is 32.6. The van der Waals surface area contributed by atoms with E-state index in [4.69, 9.17) is 10.5 Å². The molecule has 5 heteroatoms. The van der Waals surface area contributed by atoms with E-state index in [1.807, 2.05) is 29.7 Å². The summed E-state index contributed by atoms with van der Waals surface area (Å²) in [5.41, 5.74) is 1.40. The summed E-state index contributed by atoms with van der Waals surface area (Å²) in [4.78, 5) is 0.890. The highest BCUT2D eigenvalue weighted by Gasteiger charge is 2.09. The molecule has 94 valence electrons. The van der Waals surface area contributed by atoms with Crippen molar-refractivity contribution in [3.05, 3.63) is 51.7 Å². The van der Waals surface area contributed by atoms with Crippen LogP contribution in [0, 0.1) is 22.7 Å². The standard InChI is InChI=1S/C14H11N3OS/c15-7-10-3-4-12(6-11(10)8-16)17-9-13(18)14-2-1-5-19-14/h1-6,13,17-18H,9H2. The van der Waals surface area contributed by atoms with Gasteiger partial charge in [-0.3, -0.25) is 0 Å². The first-order chi connectivity index (χ1) is 9.24. The minimum absolute atomic E-state index is 0.332. The van der Waals surface area contributed by atoms with Crippen LogP contribution in [-0.2, 0) is 0 Å². The van der Waals surface area contributed by atoms with E-state index in [0.29, 0.717) is 23.4 Å². The summed E-state index contributed by atoms with van der Waals surface area (Å²) in [7, 11) is 0. The second-order valence-corrected chi connectivity index (χ2v) is 4.88. The molecule has 2 rings (SSSR count). The lowest BCUT2D eigenvalue weighted by Crippen LogP contribution is -2.11. The molecular formula is C14H11N3OS. The van der Waals surface area contributed by atoms with Crippen LogP contribution in [0.25, 0.3) is 0 Å². The molecule has 4 nitrogen and oxygen atoms in total. The van der Waals surface area contributed by atoms with E-state index in [0.717, 1.165) is 4.88 Å². The third-order valence-electron chi connectivity index (χ3n) is 2.63. The number of hydrogen-bond donors (Lipinski definition) is 2. The number of nitriles is 2. The summed E-state index contributed by atoms with van der Waals surface area (Å²) < 4.78 is 0. The molecule has 0 fully saturated rings. The van der Waals surface area contributed by atoms with Gasteiger partial charge in [-0.2, -0.15) is 10.5 Å². The molecule has 0 amide bonds. The normalized spacial score (nSPS) is 11.3. The lowest BCUT2D eigenvalue weighted by atomic mass is 10.1. The summed E-state index contributed by atoms with van der Waals surface area (Å²) >= 11 is 1.49. The van der Waals surface area contributed by atoms with Crippen LogP contribution < -0.4 is 5.32 Å². The van der Waals surface area contributed by atoms with Gasteiger partial charge in [-0.05, 0) is 29.6 Å². The van der Waals surface area contributed by atoms with Crippen molar-refractivity contribution in [3.63, 3.8) is 0 Å². The Morgan fingerprint density at radius 2 is 2.00 bits per heavy atom. The lowest BCUT2D eigenvalue weighted by molar-refractivity contribution is 0.195. The zero-order chi connectivity index (χ0) is 13.7. The maximum Gasteiger partial charge on any atom is 0.105 e. The number of anilines is 1. The summed E-state index contributed by atoms with van der Waals surface area (Å²) in [6, 6.07) is 12.6. The second kappa shape index (κ2) is 6.01. The van der Waals surface area contributed by atoms with Crippen LogP contribution in [0.4, 0.5) is 5.69 Å². The predicted octanol–water partition coefficient (Wildman–Crippen LogP) is 2.64. The Hall–Kier alpha value is -2.34. The fourth-order valence-electron chi connectivity index (χ4n) is 1.64. The molecule has 1 unspecified atom stereocenters. The number of rotatable bonds is 4. The van der Waals surface area contributed by atoms with Crippen LogP contribution in [0.15, 0.2) is 35.7 Å². The summed E-state index contributed by atoms with van der Waals surface area (Å²) in [5.74, 6) is 0. The highest BCUT2D eigenvalue weighted by molar-refractivity contribution is 7.10. The van der Waals surface area contributed by atoms with Gasteiger partial charge in [0.2, 0.25) is 0 Å². The smallest absolute Gasteiger partial charge is 0.105 e. The van der Waals surface area contributed by atoms with E-state index in [1.54, 1.807) is 18.2 Å². The predicted molar refractivity (Wildman–Crippen MR) is 73.6 cm³/mol. The van der Waals surface area contributed by atoms with Gasteiger partial charge >= 0.3 is 0 Å². The minimum Gasteiger partial charge on any atom is -0.386 e. The van der Waals surface area contributed by atoms with Crippen molar-refractivity contribution in [2.45, 2.75) is 6.10 Å². The molecule has 1 heterocycles. The molecule has 1 aromatic carbocycles. The third-order valence-corrected chi connectivity index (χ3v) is 3.61. The van der Waals surface area contributed by atoms with E-state index in [2.05, 4.69) is 5.32 Å². The number of hydrogen-bond acceptors (Lipinski definition) is 5. The average Bonchev–Trinajstić information content (AvgIpc) is 2.98. The third kappa shape index (κ3) is 3.11. The van der Waals surface area contributed by atoms with E-state index < -0.39 is 6.10 Å². The first-order valence-electron chi connectivity index (χ1n) is 5.64. The largest absolute Gasteiger partial charge is 0.386 e. The molecule has 0 aliphatic heterocycles. The molecule has 0 saturated heterocycles. The highest BCUT2D eigenvalue weighted by Crippen LogP contribution is 2.20. The van der Waals surface area contributed by atoms with Gasteiger partial charge in [0, 0.05) is 17.1 Å². The monoisotopic (exact) mass is 269 g/mol. The maximum absolute atomic E-state index is 9.93. The van der Waals surface area contributed by atoms with Gasteiger partial charge in [0.05, 0.1) is 11.1 Å². The van der Waals surface area contributed by atoms with Gasteiger partial charge in [-0.15, -0.1) is 11.3 Å². The van der Waals surface area contributed by atoms with Crippen molar-refractivity contribution >= 4 is 17.0 Å². The van der Waals surface area contributed by atoms with Gasteiger partial charge in [0.15, 0.2) is 0 Å². The van der Waals surface area contributed by atoms with E-state index in [9.17, 15) is 5.11 Å². The Morgan fingerprint density at radius 1 is 1.21 bits per heavy atom. The van der Waals surface area contributed by atoms with Crippen LogP contribution in [0.1, 0.15) is 22.1 Å². The van der Waals surface area contributed by atoms with Gasteiger partial charge in [-0.25, -0.2) is 0 Å². The van der Waals surface area contributed by atoms with Crippen molar-refractivity contribution in [3.8, 4) is 12.1 Å². The van der Waals surface area contributed by atoms with E-state index in [1.165, 1.54) is 11.3 Å². The molecule has 0 spiro atoms. The van der Waals surface area contributed by atoms with Crippen molar-refractivity contribution in [2.75, 3.05) is 11.9 Å². The number of benzene rings is 1. The van der Waals surface area contributed by atoms with Gasteiger partial charge in [0.1, 0.15) is 18.2 Å². The molecule has 1 atom stereocenters. The first-order valence-corrected chi connectivity index (χ1v) is 6.52. The van der Waals surface area contributed by atoms with Crippen molar-refractivity contribution < 1.29 is 5.11 Å². The zero-order valence-corrected chi connectivity index (χ0v) is 10.8.